The predicted molar refractivity (Wildman–Crippen MR) is 171 cm³/mol. The Balaban J connectivity index is 1.38. The number of methoxy groups -OCH3 is 1. The molecular formula is C35H35F2NO10S. The Bertz CT molecular complexity index is 1810. The Kier molecular flexibility index (Phi) is 8.50. The lowest BCUT2D eigenvalue weighted by Crippen LogP contribution is -2.70. The minimum atomic E-state index is -2.43. The Morgan fingerprint density at radius 1 is 1.18 bits per heavy atom. The van der Waals surface area contributed by atoms with Crippen LogP contribution in [0.5, 0.6) is 5.75 Å². The molecule has 2 aromatic rings. The molecule has 260 valence electrons. The summed E-state index contributed by atoms with van der Waals surface area (Å²) in [6, 6.07) is 6.43. The minimum absolute atomic E-state index is 0.0492. The number of furan rings is 1. The summed E-state index contributed by atoms with van der Waals surface area (Å²) in [4.78, 5) is 64.4. The van der Waals surface area contributed by atoms with E-state index in [1.165, 1.54) is 56.7 Å². The number of alkyl halides is 2. The quantitative estimate of drug-likeness (QED) is 0.153. The van der Waals surface area contributed by atoms with Crippen molar-refractivity contribution in [3.05, 3.63) is 81.8 Å². The number of hydrogen-bond donors (Lipinski definition) is 1. The van der Waals surface area contributed by atoms with Gasteiger partial charge in [-0.05, 0) is 74.1 Å². The molecule has 14 heteroatoms. The van der Waals surface area contributed by atoms with E-state index >= 15 is 8.78 Å². The molecular weight excluding hydrogens is 664 g/mol. The fraction of sp³-hybridized carbons (Fsp3) is 0.486. The average Bonchev–Trinajstić information content (AvgIpc) is 3.68. The van der Waals surface area contributed by atoms with Gasteiger partial charge in [-0.1, -0.05) is 31.7 Å². The van der Waals surface area contributed by atoms with Crippen LogP contribution in [-0.2, 0) is 14.3 Å². The molecule has 3 saturated carbocycles. The summed E-state index contributed by atoms with van der Waals surface area (Å²) < 4.78 is 50.1. The van der Waals surface area contributed by atoms with Gasteiger partial charge in [0.1, 0.15) is 6.17 Å². The Hall–Kier alpha value is -4.17. The van der Waals surface area contributed by atoms with Gasteiger partial charge in [0.15, 0.2) is 28.6 Å². The average molecular weight is 700 g/mol. The van der Waals surface area contributed by atoms with Gasteiger partial charge in [-0.25, -0.2) is 13.6 Å². The van der Waals surface area contributed by atoms with E-state index < -0.39 is 91.1 Å². The summed E-state index contributed by atoms with van der Waals surface area (Å²) in [5.74, 6) is -5.59. The van der Waals surface area contributed by atoms with Crippen LogP contribution >= 0.6 is 11.8 Å². The van der Waals surface area contributed by atoms with E-state index in [1.807, 2.05) is 0 Å². The lowest BCUT2D eigenvalue weighted by molar-refractivity contribution is -0.385. The number of halogens is 2. The van der Waals surface area contributed by atoms with E-state index in [0.717, 1.165) is 12.1 Å². The number of Topliss-reactive ketones (excluding diaryl/α,β-unsaturated/α-hetero) is 1. The molecule has 0 aliphatic heterocycles. The van der Waals surface area contributed by atoms with Gasteiger partial charge in [-0.3, -0.25) is 24.5 Å². The number of carbonyl (C=O) groups is 4. The number of rotatable bonds is 8. The number of nitro benzene ring substituents is 1. The number of ether oxygens (including phenoxy) is 2. The van der Waals surface area contributed by atoms with Crippen LogP contribution in [0.25, 0.3) is 0 Å². The first-order chi connectivity index (χ1) is 23.0. The Morgan fingerprint density at radius 2 is 1.92 bits per heavy atom. The monoisotopic (exact) mass is 699 g/mol. The number of ketones is 2. The van der Waals surface area contributed by atoms with Crippen molar-refractivity contribution in [3.63, 3.8) is 0 Å². The van der Waals surface area contributed by atoms with E-state index in [9.17, 15) is 34.4 Å². The third-order valence-corrected chi connectivity index (χ3v) is 12.5. The molecule has 4 aliphatic carbocycles. The van der Waals surface area contributed by atoms with Gasteiger partial charge in [0.25, 0.3) is 0 Å². The molecule has 1 heterocycles. The van der Waals surface area contributed by atoms with Gasteiger partial charge >= 0.3 is 11.7 Å². The molecule has 9 atom stereocenters. The number of fused-ring (bicyclic) bond motifs is 5. The predicted octanol–water partition coefficient (Wildman–Crippen LogP) is 5.80. The SMILES string of the molecule is COc1ccc(C(=O)CSC(=O)[C@@]2(OC(=O)c3ccco3)[C@H](C)C[C@H]3[C@@H]4C[C@H](F)C5=CC(=O)C=C[C@]5(C)[C@@]4(F)[C@@H](O)C[C@@]32C)cc1[N+](=O)[O-]. The van der Waals surface area contributed by atoms with Crippen molar-refractivity contribution in [2.75, 3.05) is 12.9 Å². The van der Waals surface area contributed by atoms with Crippen molar-refractivity contribution in [2.45, 2.75) is 63.6 Å². The molecule has 0 spiro atoms. The number of aliphatic hydroxyl groups excluding tert-OH is 1. The molecule has 6 rings (SSSR count). The highest BCUT2D eigenvalue weighted by Gasteiger charge is 2.78. The summed E-state index contributed by atoms with van der Waals surface area (Å²) in [6.07, 6.45) is 0.696. The summed E-state index contributed by atoms with van der Waals surface area (Å²) >= 11 is 0.540. The fourth-order valence-corrected chi connectivity index (χ4v) is 10.3. The maximum atomic E-state index is 17.8. The molecule has 0 bridgehead atoms. The lowest BCUT2D eigenvalue weighted by Gasteiger charge is -2.63. The van der Waals surface area contributed by atoms with Crippen LogP contribution in [0, 0.1) is 38.7 Å². The number of allylic oxidation sites excluding steroid dienone is 4. The van der Waals surface area contributed by atoms with Crippen molar-refractivity contribution < 1.29 is 51.9 Å². The van der Waals surface area contributed by atoms with Gasteiger partial charge in [-0.2, -0.15) is 0 Å². The molecule has 0 unspecified atom stereocenters. The summed E-state index contributed by atoms with van der Waals surface area (Å²) in [6.45, 7) is 4.74. The van der Waals surface area contributed by atoms with Crippen molar-refractivity contribution in [3.8, 4) is 5.75 Å². The van der Waals surface area contributed by atoms with Crippen molar-refractivity contribution in [1.82, 2.24) is 0 Å². The molecule has 0 saturated heterocycles. The second kappa shape index (κ2) is 12.0. The number of hydrogen-bond acceptors (Lipinski definition) is 11. The van der Waals surface area contributed by atoms with Crippen LogP contribution < -0.4 is 4.74 Å². The molecule has 49 heavy (non-hydrogen) atoms. The van der Waals surface area contributed by atoms with E-state index in [4.69, 9.17) is 13.9 Å². The van der Waals surface area contributed by atoms with E-state index in [0.29, 0.717) is 11.8 Å². The number of aliphatic hydroxyl groups is 1. The molecule has 11 nitrogen and oxygen atoms in total. The largest absolute Gasteiger partial charge is 0.490 e. The fourth-order valence-electron chi connectivity index (χ4n) is 9.14. The zero-order valence-electron chi connectivity index (χ0n) is 27.1. The first-order valence-corrected chi connectivity index (χ1v) is 16.8. The summed E-state index contributed by atoms with van der Waals surface area (Å²) in [5, 5.41) is 22.6. The molecule has 1 aromatic carbocycles. The minimum Gasteiger partial charge on any atom is -0.490 e. The van der Waals surface area contributed by atoms with Crippen molar-refractivity contribution in [1.29, 1.82) is 0 Å². The summed E-state index contributed by atoms with van der Waals surface area (Å²) in [5.41, 5.74) is -8.13. The third-order valence-electron chi connectivity index (χ3n) is 11.5. The molecule has 1 aromatic heterocycles. The van der Waals surface area contributed by atoms with Crippen LogP contribution in [0.1, 0.15) is 60.9 Å². The Morgan fingerprint density at radius 3 is 2.57 bits per heavy atom. The van der Waals surface area contributed by atoms with E-state index in [1.54, 1.807) is 13.8 Å². The van der Waals surface area contributed by atoms with Crippen molar-refractivity contribution in [2.24, 2.45) is 28.6 Å². The number of thioether (sulfide) groups is 1. The zero-order chi connectivity index (χ0) is 35.7. The van der Waals surface area contributed by atoms with Crippen LogP contribution in [0.4, 0.5) is 14.5 Å². The summed E-state index contributed by atoms with van der Waals surface area (Å²) in [7, 11) is 1.25. The molecule has 3 fully saturated rings. The maximum absolute atomic E-state index is 17.8. The highest BCUT2D eigenvalue weighted by molar-refractivity contribution is 8.14. The first-order valence-electron chi connectivity index (χ1n) is 15.8. The van der Waals surface area contributed by atoms with Crippen LogP contribution in [0.3, 0.4) is 0 Å². The van der Waals surface area contributed by atoms with Crippen LogP contribution in [0.15, 0.2) is 64.8 Å². The molecule has 1 N–H and O–H groups in total. The molecule has 0 amide bonds. The number of nitro groups is 1. The zero-order valence-corrected chi connectivity index (χ0v) is 28.0. The van der Waals surface area contributed by atoms with Gasteiger partial charge in [-0.15, -0.1) is 0 Å². The second-order valence-electron chi connectivity index (χ2n) is 13.7. The smallest absolute Gasteiger partial charge is 0.375 e. The van der Waals surface area contributed by atoms with Gasteiger partial charge in [0, 0.05) is 34.3 Å². The van der Waals surface area contributed by atoms with Gasteiger partial charge in [0.2, 0.25) is 10.9 Å². The molecule has 0 radical (unpaired) electrons. The van der Waals surface area contributed by atoms with Crippen LogP contribution in [-0.4, -0.2) is 69.1 Å². The van der Waals surface area contributed by atoms with Crippen LogP contribution in [0.2, 0.25) is 0 Å². The second-order valence-corrected chi connectivity index (χ2v) is 14.7. The number of esters is 1. The highest BCUT2D eigenvalue weighted by atomic mass is 32.2. The third kappa shape index (κ3) is 4.92. The number of carbonyl (C=O) groups excluding carboxylic acids is 4. The number of nitrogens with zero attached hydrogens (tertiary/aromatic N) is 1. The highest BCUT2D eigenvalue weighted by Crippen LogP contribution is 2.72. The molecule has 4 aliphatic rings. The first kappa shape index (κ1) is 34.7. The number of benzene rings is 1. The lowest BCUT2D eigenvalue weighted by atomic mass is 9.44. The standard InChI is InChI=1S/C35H35F2NO10S/c1-18-12-21-22-15-24(36)23-14-20(39)9-10-32(23,2)34(22,37)29(41)16-33(21,3)35(18,48-30(42)28-6-5-11-47-28)31(43)49-17-26(40)19-7-8-27(46-4)25(13-19)38(44)45/h5-11,13-14,18,21-22,24,29,41H,12,15-17H2,1-4H3/t18-,21+,22+,24+,29+,32+,33+,34+,35+/m1/s1. The Labute approximate surface area is 284 Å². The van der Waals surface area contributed by atoms with E-state index in [2.05, 4.69) is 0 Å². The van der Waals surface area contributed by atoms with E-state index in [-0.39, 0.29) is 41.9 Å². The maximum Gasteiger partial charge on any atom is 0.375 e. The van der Waals surface area contributed by atoms with Gasteiger partial charge in [0.05, 0.1) is 30.2 Å². The normalized spacial score (nSPS) is 36.2. The van der Waals surface area contributed by atoms with Crippen molar-refractivity contribution >= 4 is 40.1 Å². The van der Waals surface area contributed by atoms with Gasteiger partial charge < -0.3 is 19.0 Å². The topological polar surface area (TPSA) is 163 Å².